The Morgan fingerprint density at radius 2 is 0.500 bits per heavy atom. The van der Waals surface area contributed by atoms with Crippen LogP contribution < -0.4 is 29.6 Å². The molecule has 0 saturated heterocycles. The molecule has 0 saturated carbocycles. The average molecular weight is 635 g/mol. The molecule has 0 rings (SSSR count). The second-order valence-corrected chi connectivity index (χ2v) is 12.2. The van der Waals surface area contributed by atoms with Crippen molar-refractivity contribution in [2.75, 3.05) is 0 Å². The van der Waals surface area contributed by atoms with Gasteiger partial charge in [-0.2, -0.15) is 0 Å². The fraction of sp³-hybridized carbons (Fsp3) is 0.944. The molecule has 0 atom stereocenters. The van der Waals surface area contributed by atoms with Crippen molar-refractivity contribution in [1.29, 1.82) is 0 Å². The fourth-order valence-electron chi connectivity index (χ4n) is 5.30. The Labute approximate surface area is 319 Å². The SMILES string of the molecule is CCCCCCCCCCCCCCCCCC(=O)O.CCCCCCCCCCCCCCCCCC(=O)O.[Ca+2].[H-].[H-].[H-].[Na+]. The molecule has 0 fully saturated rings. The monoisotopic (exact) mass is 635 g/mol. The minimum absolute atomic E-state index is 0. The van der Waals surface area contributed by atoms with Crippen LogP contribution in [0, 0.1) is 0 Å². The Kier molecular flexibility index (Phi) is 55.6. The third kappa shape index (κ3) is 53.7. The zero-order valence-corrected chi connectivity index (χ0v) is 33.3. The van der Waals surface area contributed by atoms with Crippen LogP contribution >= 0.6 is 0 Å². The maximum Gasteiger partial charge on any atom is 2.00 e. The van der Waals surface area contributed by atoms with Gasteiger partial charge in [0.05, 0.1) is 0 Å². The van der Waals surface area contributed by atoms with Gasteiger partial charge in [0, 0.05) is 12.8 Å². The molecule has 0 aliphatic rings. The van der Waals surface area contributed by atoms with Crippen molar-refractivity contribution in [1.82, 2.24) is 0 Å². The molecule has 42 heavy (non-hydrogen) atoms. The summed E-state index contributed by atoms with van der Waals surface area (Å²) in [5, 5.41) is 17.0. The van der Waals surface area contributed by atoms with E-state index in [2.05, 4.69) is 13.8 Å². The molecule has 0 aromatic carbocycles. The Morgan fingerprint density at radius 1 is 0.357 bits per heavy atom. The molecule has 0 unspecified atom stereocenters. The summed E-state index contributed by atoms with van der Waals surface area (Å²) in [5.74, 6) is -1.31. The van der Waals surface area contributed by atoms with Gasteiger partial charge in [0.25, 0.3) is 0 Å². The van der Waals surface area contributed by atoms with E-state index < -0.39 is 11.9 Å². The molecule has 0 amide bonds. The predicted molar refractivity (Wildman–Crippen MR) is 183 cm³/mol. The van der Waals surface area contributed by atoms with Gasteiger partial charge in [-0.1, -0.05) is 194 Å². The second kappa shape index (κ2) is 46.6. The smallest absolute Gasteiger partial charge is 1.00 e. The summed E-state index contributed by atoms with van der Waals surface area (Å²) in [7, 11) is 0. The van der Waals surface area contributed by atoms with Crippen molar-refractivity contribution in [2.24, 2.45) is 0 Å². The molecule has 0 aliphatic carbocycles. The van der Waals surface area contributed by atoms with Gasteiger partial charge in [-0.05, 0) is 12.8 Å². The van der Waals surface area contributed by atoms with Gasteiger partial charge in [-0.15, -0.1) is 0 Å². The van der Waals surface area contributed by atoms with Crippen molar-refractivity contribution in [3.8, 4) is 0 Å². The number of hydrogen-bond acceptors (Lipinski definition) is 2. The normalized spacial score (nSPS) is 10.3. The van der Waals surface area contributed by atoms with E-state index in [1.54, 1.807) is 0 Å². The first-order chi connectivity index (χ1) is 19.5. The number of carboxylic acids is 2. The average Bonchev–Trinajstić information content (AvgIpc) is 2.93. The fourth-order valence-corrected chi connectivity index (χ4v) is 5.30. The van der Waals surface area contributed by atoms with Crippen LogP contribution in [0.15, 0.2) is 0 Å². The summed E-state index contributed by atoms with van der Waals surface area (Å²) < 4.78 is 0. The quantitative estimate of drug-likeness (QED) is 0.0571. The Morgan fingerprint density at radius 3 is 0.643 bits per heavy atom. The number of unbranched alkanes of at least 4 members (excludes halogenated alkanes) is 28. The van der Waals surface area contributed by atoms with Crippen molar-refractivity contribution >= 4 is 49.7 Å². The van der Waals surface area contributed by atoms with E-state index in [-0.39, 0.29) is 71.6 Å². The van der Waals surface area contributed by atoms with Crippen LogP contribution in [0.3, 0.4) is 0 Å². The third-order valence-electron chi connectivity index (χ3n) is 7.99. The van der Waals surface area contributed by atoms with Gasteiger partial charge in [-0.3, -0.25) is 9.59 Å². The van der Waals surface area contributed by atoms with Crippen LogP contribution in [0.2, 0.25) is 0 Å². The summed E-state index contributed by atoms with van der Waals surface area (Å²) >= 11 is 0. The molecule has 4 nitrogen and oxygen atoms in total. The van der Waals surface area contributed by atoms with E-state index in [0.717, 1.165) is 25.7 Å². The van der Waals surface area contributed by atoms with E-state index >= 15 is 0 Å². The third-order valence-corrected chi connectivity index (χ3v) is 7.99. The van der Waals surface area contributed by atoms with E-state index in [4.69, 9.17) is 10.2 Å². The molecule has 0 heterocycles. The largest absolute Gasteiger partial charge is 2.00 e. The van der Waals surface area contributed by atoms with E-state index in [1.807, 2.05) is 0 Å². The predicted octanol–water partition coefficient (Wildman–Crippen LogP) is 9.63. The molecule has 6 heteroatoms. The Hall–Kier alpha value is 1.20. The van der Waals surface area contributed by atoms with Crippen molar-refractivity contribution in [2.45, 2.75) is 219 Å². The van der Waals surface area contributed by atoms with Crippen LogP contribution in [0.4, 0.5) is 0 Å². The molecule has 2 N–H and O–H groups in total. The summed E-state index contributed by atoms with van der Waals surface area (Å²) in [5.41, 5.74) is 0. The molecule has 246 valence electrons. The minimum atomic E-state index is -0.653. The van der Waals surface area contributed by atoms with Crippen LogP contribution in [-0.2, 0) is 9.59 Å². The zero-order chi connectivity index (χ0) is 29.8. The minimum Gasteiger partial charge on any atom is -1.00 e. The van der Waals surface area contributed by atoms with Crippen LogP contribution in [0.25, 0.3) is 0 Å². The number of rotatable bonds is 32. The number of aliphatic carboxylic acids is 2. The van der Waals surface area contributed by atoms with Gasteiger partial charge in [0.15, 0.2) is 0 Å². The van der Waals surface area contributed by atoms with Crippen molar-refractivity contribution in [3.63, 3.8) is 0 Å². The summed E-state index contributed by atoms with van der Waals surface area (Å²) in [6, 6.07) is 0. The maximum absolute atomic E-state index is 10.3. The standard InChI is InChI=1S/2C18H36O2.Ca.Na.3H/c2*1-2-3-4-5-6-7-8-9-10-11-12-13-14-15-16-17-18(19)20;;;;;/h2*2-17H2,1H3,(H,19,20);;;;;/q;;+2;+1;3*-1. The Balaban J connectivity index is -0.000000116. The molecular formula is C36H75CaNaO4. The molecule has 0 aromatic rings. The first kappa shape index (κ1) is 50.1. The first-order valence-electron chi connectivity index (χ1n) is 18.0. The van der Waals surface area contributed by atoms with Gasteiger partial charge >= 0.3 is 79.2 Å². The summed E-state index contributed by atoms with van der Waals surface area (Å²) in [4.78, 5) is 20.7. The molecule has 0 bridgehead atoms. The topological polar surface area (TPSA) is 74.6 Å². The van der Waals surface area contributed by atoms with E-state index in [9.17, 15) is 9.59 Å². The van der Waals surface area contributed by atoms with Crippen molar-refractivity contribution < 1.29 is 53.6 Å². The van der Waals surface area contributed by atoms with Gasteiger partial charge < -0.3 is 14.5 Å². The first-order valence-corrected chi connectivity index (χ1v) is 18.0. The van der Waals surface area contributed by atoms with Crippen molar-refractivity contribution in [3.05, 3.63) is 0 Å². The van der Waals surface area contributed by atoms with Gasteiger partial charge in [-0.25, -0.2) is 0 Å². The second-order valence-electron chi connectivity index (χ2n) is 12.2. The Bertz CT molecular complexity index is 477. The number of carbonyl (C=O) groups is 2. The van der Waals surface area contributed by atoms with Gasteiger partial charge in [0.2, 0.25) is 0 Å². The summed E-state index contributed by atoms with van der Waals surface area (Å²) in [6.07, 6.45) is 40.4. The molecular weight excluding hydrogens is 559 g/mol. The zero-order valence-electron chi connectivity index (χ0n) is 32.0. The van der Waals surface area contributed by atoms with Gasteiger partial charge in [0.1, 0.15) is 0 Å². The van der Waals surface area contributed by atoms with E-state index in [1.165, 1.54) is 167 Å². The number of carboxylic acid groups (broad SMARTS) is 2. The molecule has 0 aromatic heterocycles. The maximum atomic E-state index is 10.3. The van der Waals surface area contributed by atoms with Crippen LogP contribution in [0.1, 0.15) is 224 Å². The summed E-state index contributed by atoms with van der Waals surface area (Å²) in [6.45, 7) is 4.54. The molecule has 0 aliphatic heterocycles. The van der Waals surface area contributed by atoms with Crippen LogP contribution in [0.5, 0.6) is 0 Å². The van der Waals surface area contributed by atoms with E-state index in [0.29, 0.717) is 12.8 Å². The number of hydrogen-bond donors (Lipinski definition) is 2. The van der Waals surface area contributed by atoms with Crippen LogP contribution in [-0.4, -0.2) is 59.9 Å². The molecule has 0 radical (unpaired) electrons. The molecule has 0 spiro atoms.